The Morgan fingerprint density at radius 1 is 1.09 bits per heavy atom. The highest BCUT2D eigenvalue weighted by Gasteiger charge is 2.51. The van der Waals surface area contributed by atoms with Gasteiger partial charge in [0.05, 0.1) is 16.0 Å². The summed E-state index contributed by atoms with van der Waals surface area (Å²) in [5.41, 5.74) is 1.36. The van der Waals surface area contributed by atoms with E-state index in [4.69, 9.17) is 0 Å². The molecule has 1 heterocycles. The minimum atomic E-state index is -3.92. The predicted molar refractivity (Wildman–Crippen MR) is 98.5 cm³/mol. The zero-order valence-corrected chi connectivity index (χ0v) is 15.8. The predicted octanol–water partition coefficient (Wildman–Crippen LogP) is 3.42. The molecule has 0 saturated carbocycles. The molecule has 4 nitrogen and oxygen atoms in total. The van der Waals surface area contributed by atoms with Gasteiger partial charge in [0.15, 0.2) is 0 Å². The molecule has 1 amide bonds. The molecule has 0 fully saturated rings. The maximum absolute atomic E-state index is 13.0. The van der Waals surface area contributed by atoms with E-state index >= 15 is 0 Å². The summed E-state index contributed by atoms with van der Waals surface area (Å²) >= 11 is 2.13. The number of anilines is 1. The third-order valence-electron chi connectivity index (χ3n) is 4.20. The number of para-hydroxylation sites is 1. The molecule has 1 aliphatic heterocycles. The van der Waals surface area contributed by atoms with Crippen LogP contribution in [0.2, 0.25) is 0 Å². The molecule has 0 N–H and O–H groups in total. The van der Waals surface area contributed by atoms with Gasteiger partial charge in [0.25, 0.3) is 15.9 Å². The van der Waals surface area contributed by atoms with Crippen molar-refractivity contribution >= 4 is 44.2 Å². The smallest absolute Gasteiger partial charge is 0.270 e. The molecule has 0 aliphatic carbocycles. The number of nitrogens with zero attached hydrogens (tertiary/aromatic N) is 1. The first-order chi connectivity index (χ1) is 10.8. The Morgan fingerprint density at radius 3 is 2.30 bits per heavy atom. The van der Waals surface area contributed by atoms with Gasteiger partial charge in [-0.3, -0.25) is 4.79 Å². The fraction of sp³-hybridized carbons (Fsp3) is 0.235. The summed E-state index contributed by atoms with van der Waals surface area (Å²) in [6.45, 7) is 3.69. The fourth-order valence-electron chi connectivity index (χ4n) is 2.75. The van der Waals surface area contributed by atoms with Crippen LogP contribution in [0.1, 0.15) is 18.1 Å². The van der Waals surface area contributed by atoms with E-state index < -0.39 is 21.3 Å². The number of sulfonamides is 1. The van der Waals surface area contributed by atoms with Crippen molar-refractivity contribution in [3.63, 3.8) is 0 Å². The topological polar surface area (TPSA) is 54.5 Å². The lowest BCUT2D eigenvalue weighted by atomic mass is 9.86. The number of carbonyl (C=O) groups is 1. The second kappa shape index (κ2) is 5.59. The Morgan fingerprint density at radius 2 is 1.70 bits per heavy atom. The number of halogens is 1. The van der Waals surface area contributed by atoms with E-state index in [-0.39, 0.29) is 4.90 Å². The van der Waals surface area contributed by atoms with Crippen molar-refractivity contribution in [1.82, 2.24) is 0 Å². The van der Waals surface area contributed by atoms with Crippen molar-refractivity contribution in [3.05, 3.63) is 59.7 Å². The fourth-order valence-corrected chi connectivity index (χ4v) is 5.02. The first kappa shape index (κ1) is 16.4. The molecule has 2 aromatic rings. The minimum Gasteiger partial charge on any atom is -0.272 e. The highest BCUT2D eigenvalue weighted by molar-refractivity contribution is 14.1. The molecular weight excluding hydrogens is 425 g/mol. The van der Waals surface area contributed by atoms with Gasteiger partial charge in [-0.15, -0.1) is 0 Å². The average Bonchev–Trinajstić information content (AvgIpc) is 2.77. The molecule has 0 bridgehead atoms. The van der Waals surface area contributed by atoms with Gasteiger partial charge in [0.2, 0.25) is 0 Å². The molecule has 0 radical (unpaired) electrons. The lowest BCUT2D eigenvalue weighted by molar-refractivity contribution is -0.120. The van der Waals surface area contributed by atoms with Crippen molar-refractivity contribution < 1.29 is 13.2 Å². The van der Waals surface area contributed by atoms with Crippen LogP contribution in [0.4, 0.5) is 5.69 Å². The van der Waals surface area contributed by atoms with Crippen LogP contribution in [0.15, 0.2) is 53.4 Å². The van der Waals surface area contributed by atoms with Crippen molar-refractivity contribution in [3.8, 4) is 0 Å². The number of rotatable bonds is 3. The van der Waals surface area contributed by atoms with Crippen molar-refractivity contribution in [1.29, 1.82) is 0 Å². The lowest BCUT2D eigenvalue weighted by Crippen LogP contribution is -2.42. The molecule has 0 spiro atoms. The maximum atomic E-state index is 13.0. The molecule has 0 saturated heterocycles. The van der Waals surface area contributed by atoms with Crippen LogP contribution < -0.4 is 4.31 Å². The Bertz CT molecular complexity index is 877. The number of benzene rings is 2. The third-order valence-corrected chi connectivity index (χ3v) is 7.44. The second-order valence-electron chi connectivity index (χ2n) is 5.87. The quantitative estimate of drug-likeness (QED) is 0.542. The van der Waals surface area contributed by atoms with E-state index in [1.165, 1.54) is 0 Å². The molecule has 6 heteroatoms. The summed E-state index contributed by atoms with van der Waals surface area (Å²) in [5.74, 6) is -0.395. The van der Waals surface area contributed by atoms with Crippen LogP contribution >= 0.6 is 22.6 Å². The summed E-state index contributed by atoms with van der Waals surface area (Å²) in [7, 11) is -3.92. The zero-order valence-electron chi connectivity index (χ0n) is 12.8. The standard InChI is InChI=1S/C17H16INO3S/c1-12-7-9-13(10-8-12)23(21,22)19-15-6-4-3-5-14(15)17(2,11-18)16(19)20/h3-10H,11H2,1-2H3. The average molecular weight is 441 g/mol. The van der Waals surface area contributed by atoms with Gasteiger partial charge < -0.3 is 0 Å². The van der Waals surface area contributed by atoms with Crippen LogP contribution in [0.3, 0.4) is 0 Å². The molecule has 23 heavy (non-hydrogen) atoms. The van der Waals surface area contributed by atoms with E-state index in [0.29, 0.717) is 10.1 Å². The SMILES string of the molecule is Cc1ccc(S(=O)(=O)N2C(=O)C(C)(CI)c3ccccc32)cc1. The summed E-state index contributed by atoms with van der Waals surface area (Å²) in [6.07, 6.45) is 0. The Hall–Kier alpha value is -1.41. The first-order valence-corrected chi connectivity index (χ1v) is 10.1. The van der Waals surface area contributed by atoms with Gasteiger partial charge in [0, 0.05) is 4.43 Å². The van der Waals surface area contributed by atoms with Gasteiger partial charge in [0.1, 0.15) is 0 Å². The van der Waals surface area contributed by atoms with E-state index in [2.05, 4.69) is 22.6 Å². The molecule has 3 rings (SSSR count). The van der Waals surface area contributed by atoms with Gasteiger partial charge in [-0.1, -0.05) is 58.5 Å². The lowest BCUT2D eigenvalue weighted by Gasteiger charge is -2.22. The molecular formula is C17H16INO3S. The van der Waals surface area contributed by atoms with Crippen molar-refractivity contribution in [2.75, 3.05) is 8.73 Å². The van der Waals surface area contributed by atoms with Gasteiger partial charge in [-0.2, -0.15) is 0 Å². The number of fused-ring (bicyclic) bond motifs is 1. The van der Waals surface area contributed by atoms with E-state index in [9.17, 15) is 13.2 Å². The van der Waals surface area contributed by atoms with E-state index in [0.717, 1.165) is 15.4 Å². The monoisotopic (exact) mass is 441 g/mol. The maximum Gasteiger partial charge on any atom is 0.270 e. The summed E-state index contributed by atoms with van der Waals surface area (Å²) in [5, 5.41) is 0. The number of hydrogen-bond acceptors (Lipinski definition) is 3. The normalized spacial score (nSPS) is 20.7. The number of alkyl halides is 1. The highest BCUT2D eigenvalue weighted by Crippen LogP contribution is 2.45. The molecule has 1 aliphatic rings. The van der Waals surface area contributed by atoms with Crippen LogP contribution in [0.25, 0.3) is 0 Å². The van der Waals surface area contributed by atoms with Gasteiger partial charge in [-0.05, 0) is 37.6 Å². The first-order valence-electron chi connectivity index (χ1n) is 7.14. The van der Waals surface area contributed by atoms with Crippen molar-refractivity contribution in [2.24, 2.45) is 0 Å². The van der Waals surface area contributed by atoms with Crippen LogP contribution in [-0.4, -0.2) is 18.8 Å². The number of aryl methyl sites for hydroxylation is 1. The summed E-state index contributed by atoms with van der Waals surface area (Å²) in [4.78, 5) is 13.1. The van der Waals surface area contributed by atoms with E-state index in [1.54, 1.807) is 43.3 Å². The van der Waals surface area contributed by atoms with Gasteiger partial charge >= 0.3 is 0 Å². The van der Waals surface area contributed by atoms with Gasteiger partial charge in [-0.25, -0.2) is 12.7 Å². The molecule has 120 valence electrons. The number of hydrogen-bond donors (Lipinski definition) is 0. The summed E-state index contributed by atoms with van der Waals surface area (Å²) in [6, 6.07) is 13.7. The minimum absolute atomic E-state index is 0.129. The molecule has 1 atom stereocenters. The second-order valence-corrected chi connectivity index (χ2v) is 8.42. The Kier molecular flexibility index (Phi) is 4.00. The van der Waals surface area contributed by atoms with Crippen LogP contribution in [0, 0.1) is 6.92 Å². The molecule has 2 aromatic carbocycles. The highest BCUT2D eigenvalue weighted by atomic mass is 127. The zero-order chi connectivity index (χ0) is 16.8. The Labute approximate surface area is 149 Å². The summed E-state index contributed by atoms with van der Waals surface area (Å²) < 4.78 is 27.5. The molecule has 0 aromatic heterocycles. The van der Waals surface area contributed by atoms with Crippen LogP contribution in [0.5, 0.6) is 0 Å². The Balaban J connectivity index is 2.20. The van der Waals surface area contributed by atoms with Crippen LogP contribution in [-0.2, 0) is 20.2 Å². The molecule has 1 unspecified atom stereocenters. The van der Waals surface area contributed by atoms with Crippen molar-refractivity contribution in [2.45, 2.75) is 24.2 Å². The number of carbonyl (C=O) groups excluding carboxylic acids is 1. The third kappa shape index (κ3) is 2.39. The van der Waals surface area contributed by atoms with E-state index in [1.807, 2.05) is 19.1 Å². The number of amides is 1. The largest absolute Gasteiger partial charge is 0.272 e.